The van der Waals surface area contributed by atoms with Gasteiger partial charge in [0.1, 0.15) is 0 Å². The summed E-state index contributed by atoms with van der Waals surface area (Å²) in [5.74, 6) is -2.82. The number of rotatable bonds is 10. The summed E-state index contributed by atoms with van der Waals surface area (Å²) in [5, 5.41) is 5.07. The van der Waals surface area contributed by atoms with Gasteiger partial charge in [-0.25, -0.2) is 9.59 Å². The minimum Gasteiger partial charge on any atom is -0.457 e. The highest BCUT2D eigenvalue weighted by molar-refractivity contribution is 6.29. The zero-order valence-corrected chi connectivity index (χ0v) is 14.0. The van der Waals surface area contributed by atoms with E-state index in [0.717, 1.165) is 0 Å². The standard InChI is InChI=1S/C14H26N4O6/c1-9(15)11(19)17-5-3-7-23-13(21)14(22)24-8-4-6-18-12(20)10(2)16/h9-10H,3-8,15-16H2,1-2H3,(H,17,19)(H,18,20). The second-order valence-corrected chi connectivity index (χ2v) is 5.14. The van der Waals surface area contributed by atoms with E-state index in [-0.39, 0.29) is 38.1 Å². The van der Waals surface area contributed by atoms with Crippen molar-refractivity contribution in [3.05, 3.63) is 0 Å². The van der Waals surface area contributed by atoms with Crippen molar-refractivity contribution >= 4 is 23.8 Å². The van der Waals surface area contributed by atoms with Gasteiger partial charge in [0.2, 0.25) is 11.8 Å². The molecule has 0 aliphatic rings. The third-order valence-electron chi connectivity index (χ3n) is 2.70. The van der Waals surface area contributed by atoms with E-state index in [1.807, 2.05) is 0 Å². The van der Waals surface area contributed by atoms with Crippen LogP contribution < -0.4 is 22.1 Å². The third kappa shape index (κ3) is 10.5. The molecule has 2 unspecified atom stereocenters. The summed E-state index contributed by atoms with van der Waals surface area (Å²) in [6.07, 6.45) is 0.696. The molecule has 0 aromatic rings. The number of nitrogens with one attached hydrogen (secondary N) is 2. The fraction of sp³-hybridized carbons (Fsp3) is 0.714. The maximum absolute atomic E-state index is 11.3. The molecule has 10 nitrogen and oxygen atoms in total. The lowest BCUT2D eigenvalue weighted by Crippen LogP contribution is -2.39. The maximum Gasteiger partial charge on any atom is 0.417 e. The number of hydrogen-bond donors (Lipinski definition) is 4. The summed E-state index contributed by atoms with van der Waals surface area (Å²) in [5.41, 5.74) is 10.7. The minimum absolute atomic E-state index is 0.0301. The maximum atomic E-state index is 11.3. The third-order valence-corrected chi connectivity index (χ3v) is 2.70. The van der Waals surface area contributed by atoms with Gasteiger partial charge in [-0.3, -0.25) is 9.59 Å². The first-order valence-electron chi connectivity index (χ1n) is 7.66. The van der Waals surface area contributed by atoms with Crippen LogP contribution in [0, 0.1) is 0 Å². The van der Waals surface area contributed by atoms with E-state index < -0.39 is 24.0 Å². The predicted molar refractivity (Wildman–Crippen MR) is 84.5 cm³/mol. The van der Waals surface area contributed by atoms with Crippen LogP contribution in [0.5, 0.6) is 0 Å². The lowest BCUT2D eigenvalue weighted by atomic mass is 10.3. The van der Waals surface area contributed by atoms with Crippen molar-refractivity contribution in [1.29, 1.82) is 0 Å². The first kappa shape index (κ1) is 21.8. The summed E-state index contributed by atoms with van der Waals surface area (Å²) < 4.78 is 9.38. The molecule has 0 fully saturated rings. The van der Waals surface area contributed by atoms with E-state index >= 15 is 0 Å². The zero-order chi connectivity index (χ0) is 18.5. The second kappa shape index (κ2) is 12.3. The fourth-order valence-electron chi connectivity index (χ4n) is 1.34. The van der Waals surface area contributed by atoms with Gasteiger partial charge in [-0.1, -0.05) is 0 Å². The largest absolute Gasteiger partial charge is 0.457 e. The molecule has 0 radical (unpaired) electrons. The lowest BCUT2D eigenvalue weighted by molar-refractivity contribution is -0.167. The highest BCUT2D eigenvalue weighted by Crippen LogP contribution is 1.90. The molecule has 138 valence electrons. The molecule has 0 aliphatic heterocycles. The minimum atomic E-state index is -1.10. The van der Waals surface area contributed by atoms with Crippen molar-refractivity contribution in [2.75, 3.05) is 26.3 Å². The number of carbonyl (C=O) groups is 4. The van der Waals surface area contributed by atoms with Gasteiger partial charge in [-0.15, -0.1) is 0 Å². The average Bonchev–Trinajstić information content (AvgIpc) is 2.52. The van der Waals surface area contributed by atoms with E-state index in [9.17, 15) is 19.2 Å². The van der Waals surface area contributed by atoms with Crippen LogP contribution in [0.1, 0.15) is 26.7 Å². The van der Waals surface area contributed by atoms with Crippen LogP contribution in [0.15, 0.2) is 0 Å². The molecule has 0 saturated carbocycles. The zero-order valence-electron chi connectivity index (χ0n) is 14.0. The van der Waals surface area contributed by atoms with Gasteiger partial charge in [0.25, 0.3) is 0 Å². The smallest absolute Gasteiger partial charge is 0.417 e. The van der Waals surface area contributed by atoms with Gasteiger partial charge in [0.05, 0.1) is 25.3 Å². The van der Waals surface area contributed by atoms with Crippen LogP contribution in [-0.4, -0.2) is 62.1 Å². The van der Waals surface area contributed by atoms with Crippen molar-refractivity contribution in [1.82, 2.24) is 10.6 Å². The van der Waals surface area contributed by atoms with E-state index in [2.05, 4.69) is 10.6 Å². The van der Waals surface area contributed by atoms with Gasteiger partial charge in [-0.05, 0) is 26.7 Å². The number of amides is 2. The Morgan fingerprint density at radius 1 is 0.792 bits per heavy atom. The molecule has 0 rings (SSSR count). The number of nitrogens with two attached hydrogens (primary N) is 2. The van der Waals surface area contributed by atoms with Crippen molar-refractivity contribution in [2.45, 2.75) is 38.8 Å². The number of ether oxygens (including phenoxy) is 2. The number of esters is 2. The van der Waals surface area contributed by atoms with Crippen LogP contribution in [-0.2, 0) is 28.7 Å². The summed E-state index contributed by atoms with van der Waals surface area (Å²) in [7, 11) is 0. The average molecular weight is 346 g/mol. The monoisotopic (exact) mass is 346 g/mol. The first-order chi connectivity index (χ1) is 11.3. The van der Waals surface area contributed by atoms with E-state index in [0.29, 0.717) is 12.8 Å². The molecular weight excluding hydrogens is 320 g/mol. The summed E-state index contributed by atoms with van der Waals surface area (Å²) in [6.45, 7) is 3.60. The lowest BCUT2D eigenvalue weighted by Gasteiger charge is -2.09. The van der Waals surface area contributed by atoms with E-state index in [1.165, 1.54) is 0 Å². The fourth-order valence-corrected chi connectivity index (χ4v) is 1.34. The molecule has 2 amide bonds. The molecule has 0 bridgehead atoms. The van der Waals surface area contributed by atoms with Gasteiger partial charge in [-0.2, -0.15) is 0 Å². The molecule has 0 aliphatic carbocycles. The molecule has 0 spiro atoms. The van der Waals surface area contributed by atoms with Crippen LogP contribution in [0.25, 0.3) is 0 Å². The highest BCUT2D eigenvalue weighted by Gasteiger charge is 2.17. The molecule has 0 aromatic heterocycles. The van der Waals surface area contributed by atoms with Gasteiger partial charge in [0, 0.05) is 13.1 Å². The summed E-state index contributed by atoms with van der Waals surface area (Å²) in [4.78, 5) is 44.9. The van der Waals surface area contributed by atoms with Crippen LogP contribution in [0.2, 0.25) is 0 Å². The normalized spacial score (nSPS) is 12.7. The van der Waals surface area contributed by atoms with Gasteiger partial charge >= 0.3 is 11.9 Å². The first-order valence-corrected chi connectivity index (χ1v) is 7.66. The molecular formula is C14H26N4O6. The molecule has 0 heterocycles. The Kier molecular flexibility index (Phi) is 11.1. The van der Waals surface area contributed by atoms with Crippen molar-refractivity contribution < 1.29 is 28.7 Å². The summed E-state index contributed by atoms with van der Waals surface area (Å²) in [6, 6.07) is -1.22. The topological polar surface area (TPSA) is 163 Å². The Bertz CT molecular complexity index is 399. The number of carbonyl (C=O) groups excluding carboxylic acids is 4. The van der Waals surface area contributed by atoms with Crippen LogP contribution in [0.4, 0.5) is 0 Å². The molecule has 0 aromatic carbocycles. The molecule has 0 saturated heterocycles. The van der Waals surface area contributed by atoms with Crippen molar-refractivity contribution in [3.8, 4) is 0 Å². The van der Waals surface area contributed by atoms with E-state index in [4.69, 9.17) is 20.9 Å². The molecule has 24 heavy (non-hydrogen) atoms. The Morgan fingerprint density at radius 2 is 1.12 bits per heavy atom. The van der Waals surface area contributed by atoms with Crippen LogP contribution in [0.3, 0.4) is 0 Å². The second-order valence-electron chi connectivity index (χ2n) is 5.14. The Hall–Kier alpha value is -2.20. The van der Waals surface area contributed by atoms with Crippen molar-refractivity contribution in [3.63, 3.8) is 0 Å². The van der Waals surface area contributed by atoms with Gasteiger partial charge < -0.3 is 31.6 Å². The van der Waals surface area contributed by atoms with Gasteiger partial charge in [0.15, 0.2) is 0 Å². The quantitative estimate of drug-likeness (QED) is 0.196. The molecule has 10 heteroatoms. The van der Waals surface area contributed by atoms with Crippen LogP contribution >= 0.6 is 0 Å². The summed E-state index contributed by atoms with van der Waals surface area (Å²) >= 11 is 0. The predicted octanol–water partition coefficient (Wildman–Crippen LogP) is -2.22. The molecule has 6 N–H and O–H groups in total. The van der Waals surface area contributed by atoms with Crippen molar-refractivity contribution in [2.24, 2.45) is 11.5 Å². The Balaban J connectivity index is 3.65. The SMILES string of the molecule is CC(N)C(=O)NCCCOC(=O)C(=O)OCCCNC(=O)C(C)N. The highest BCUT2D eigenvalue weighted by atomic mass is 16.6. The Morgan fingerprint density at radius 3 is 1.42 bits per heavy atom. The Labute approximate surface area is 140 Å². The molecule has 2 atom stereocenters. The van der Waals surface area contributed by atoms with E-state index in [1.54, 1.807) is 13.8 Å². The number of hydrogen-bond acceptors (Lipinski definition) is 8.